The number of nitriles is 1. The van der Waals surface area contributed by atoms with Gasteiger partial charge in [0.15, 0.2) is 5.82 Å². The molecule has 4 nitrogen and oxygen atoms in total. The Morgan fingerprint density at radius 3 is 1.85 bits per heavy atom. The van der Waals surface area contributed by atoms with Crippen molar-refractivity contribution < 1.29 is 0 Å². The van der Waals surface area contributed by atoms with E-state index in [-0.39, 0.29) is 0 Å². The molecule has 0 N–H and O–H groups in total. The van der Waals surface area contributed by atoms with Crippen molar-refractivity contribution in [2.24, 2.45) is 0 Å². The van der Waals surface area contributed by atoms with Crippen molar-refractivity contribution in [1.29, 1.82) is 5.26 Å². The van der Waals surface area contributed by atoms with Crippen molar-refractivity contribution >= 4 is 32.6 Å². The lowest BCUT2D eigenvalue weighted by Gasteiger charge is -2.15. The van der Waals surface area contributed by atoms with E-state index in [9.17, 15) is 5.26 Å². The highest BCUT2D eigenvalue weighted by atomic mass is 15.0. The molecule has 0 spiro atoms. The maximum Gasteiger partial charge on any atom is 0.160 e. The van der Waals surface area contributed by atoms with E-state index >= 15 is 0 Å². The topological polar surface area (TPSA) is 54.5 Å². The van der Waals surface area contributed by atoms with Crippen molar-refractivity contribution in [3.63, 3.8) is 0 Å². The van der Waals surface area contributed by atoms with Gasteiger partial charge < -0.3 is 4.57 Å². The number of hydrogen-bond acceptors (Lipinski definition) is 3. The van der Waals surface area contributed by atoms with Gasteiger partial charge >= 0.3 is 0 Å². The highest BCUT2D eigenvalue weighted by Gasteiger charge is 2.18. The van der Waals surface area contributed by atoms with Crippen molar-refractivity contribution in [2.45, 2.75) is 0 Å². The zero-order chi connectivity index (χ0) is 36.7. The molecule has 0 aliphatic rings. The van der Waals surface area contributed by atoms with Gasteiger partial charge in [-0.3, -0.25) is 0 Å². The fourth-order valence-electron chi connectivity index (χ4n) is 7.78. The maximum absolute atomic E-state index is 9.88. The molecule has 0 saturated heterocycles. The van der Waals surface area contributed by atoms with Crippen LogP contribution in [0.1, 0.15) is 5.56 Å². The number of hydrogen-bond donors (Lipinski definition) is 0. The van der Waals surface area contributed by atoms with Gasteiger partial charge in [0, 0.05) is 33.2 Å². The molecule has 0 fully saturated rings. The van der Waals surface area contributed by atoms with Crippen LogP contribution in [0.5, 0.6) is 0 Å². The van der Waals surface area contributed by atoms with E-state index in [0.29, 0.717) is 11.4 Å². The van der Waals surface area contributed by atoms with Gasteiger partial charge in [-0.2, -0.15) is 5.26 Å². The molecule has 55 heavy (non-hydrogen) atoms. The fourth-order valence-corrected chi connectivity index (χ4v) is 7.78. The predicted octanol–water partition coefficient (Wildman–Crippen LogP) is 12.9. The van der Waals surface area contributed by atoms with Crippen molar-refractivity contribution in [2.75, 3.05) is 0 Å². The second kappa shape index (κ2) is 13.4. The highest BCUT2D eigenvalue weighted by molar-refractivity contribution is 6.11. The third-order valence-corrected chi connectivity index (χ3v) is 10.4. The SMILES string of the molecule is N#Cc1cccc(-c2cc(-c3cc(-c4ccccc4)nc(-c4ccccc4)n3)cc(-n3c4ccccc4c4ccc(-c5cccc6ccccc56)cc43)c2)c1. The van der Waals surface area contributed by atoms with Crippen molar-refractivity contribution in [1.82, 2.24) is 14.5 Å². The fraction of sp³-hybridized carbons (Fsp3) is 0. The summed E-state index contributed by atoms with van der Waals surface area (Å²) in [4.78, 5) is 10.3. The summed E-state index contributed by atoms with van der Waals surface area (Å²) in [5.74, 6) is 0.659. The van der Waals surface area contributed by atoms with Crippen LogP contribution >= 0.6 is 0 Å². The van der Waals surface area contributed by atoms with Gasteiger partial charge in [-0.05, 0) is 81.6 Å². The smallest absolute Gasteiger partial charge is 0.160 e. The van der Waals surface area contributed by atoms with E-state index in [1.807, 2.05) is 54.6 Å². The molecule has 2 aromatic heterocycles. The minimum absolute atomic E-state index is 0.612. The Kier molecular flexibility index (Phi) is 7.83. The summed E-state index contributed by atoms with van der Waals surface area (Å²) in [6.45, 7) is 0. The summed E-state index contributed by atoms with van der Waals surface area (Å²) in [7, 11) is 0. The van der Waals surface area contributed by atoms with E-state index < -0.39 is 0 Å². The van der Waals surface area contributed by atoms with Crippen molar-refractivity contribution in [3.05, 3.63) is 200 Å². The molecule has 0 atom stereocenters. The standard InChI is InChI=1S/C51H32N4/c52-33-34-13-11-20-38(27-34)40-28-41(48-32-47(36-15-3-1-4-16-36)53-51(54-48)37-17-5-2-6-18-37)30-42(29-40)55-49-24-10-9-22-45(49)46-26-25-39(31-50(46)55)44-23-12-19-35-14-7-8-21-43(35)44/h1-32H. The third kappa shape index (κ3) is 5.81. The first-order valence-corrected chi connectivity index (χ1v) is 18.4. The van der Waals surface area contributed by atoms with Gasteiger partial charge in [0.05, 0.1) is 34.1 Å². The van der Waals surface area contributed by atoms with Crippen LogP contribution in [0.15, 0.2) is 194 Å². The molecule has 0 aliphatic carbocycles. The van der Waals surface area contributed by atoms with E-state index in [4.69, 9.17) is 9.97 Å². The molecule has 2 heterocycles. The van der Waals surface area contributed by atoms with Crippen LogP contribution in [0.2, 0.25) is 0 Å². The van der Waals surface area contributed by atoms with E-state index in [2.05, 4.69) is 150 Å². The van der Waals surface area contributed by atoms with E-state index in [1.165, 1.54) is 27.1 Å². The lowest BCUT2D eigenvalue weighted by molar-refractivity contribution is 1.16. The van der Waals surface area contributed by atoms with Gasteiger partial charge in [0.1, 0.15) is 0 Å². The van der Waals surface area contributed by atoms with Gasteiger partial charge in [-0.1, -0.05) is 146 Å². The minimum Gasteiger partial charge on any atom is -0.309 e. The van der Waals surface area contributed by atoms with Crippen LogP contribution in [0.3, 0.4) is 0 Å². The average molecular weight is 701 g/mol. The van der Waals surface area contributed by atoms with Crippen LogP contribution in [0.25, 0.3) is 94.4 Å². The highest BCUT2D eigenvalue weighted by Crippen LogP contribution is 2.39. The first kappa shape index (κ1) is 32.1. The van der Waals surface area contributed by atoms with Gasteiger partial charge in [0.25, 0.3) is 0 Å². The lowest BCUT2D eigenvalue weighted by atomic mass is 9.97. The van der Waals surface area contributed by atoms with Gasteiger partial charge in [-0.15, -0.1) is 0 Å². The Bertz CT molecular complexity index is 3040. The van der Waals surface area contributed by atoms with E-state index in [0.717, 1.165) is 61.5 Å². The molecular weight excluding hydrogens is 669 g/mol. The molecule has 0 saturated carbocycles. The maximum atomic E-state index is 9.88. The molecule has 0 aliphatic heterocycles. The molecule has 0 unspecified atom stereocenters. The Morgan fingerprint density at radius 2 is 1.04 bits per heavy atom. The Labute approximate surface area is 318 Å². The molecule has 4 heteroatoms. The molecule has 256 valence electrons. The summed E-state index contributed by atoms with van der Waals surface area (Å²) in [5, 5.41) is 14.7. The van der Waals surface area contributed by atoms with Crippen LogP contribution in [-0.2, 0) is 0 Å². The second-order valence-corrected chi connectivity index (χ2v) is 13.8. The number of rotatable bonds is 6. The number of para-hydroxylation sites is 1. The van der Waals surface area contributed by atoms with Crippen LogP contribution in [0.4, 0.5) is 0 Å². The Morgan fingerprint density at radius 1 is 0.400 bits per heavy atom. The summed E-state index contributed by atoms with van der Waals surface area (Å²) < 4.78 is 2.37. The summed E-state index contributed by atoms with van der Waals surface area (Å²) in [5.41, 5.74) is 12.7. The number of nitrogens with zero attached hydrogens (tertiary/aromatic N) is 4. The average Bonchev–Trinajstić information content (AvgIpc) is 3.60. The molecule has 0 bridgehead atoms. The molecule has 0 amide bonds. The third-order valence-electron chi connectivity index (χ3n) is 10.4. The zero-order valence-corrected chi connectivity index (χ0v) is 29.8. The normalized spacial score (nSPS) is 11.3. The zero-order valence-electron chi connectivity index (χ0n) is 29.8. The largest absolute Gasteiger partial charge is 0.309 e. The Hall–Kier alpha value is -7.61. The van der Waals surface area contributed by atoms with Crippen LogP contribution in [0, 0.1) is 11.3 Å². The number of aromatic nitrogens is 3. The molecule has 0 radical (unpaired) electrons. The number of fused-ring (bicyclic) bond motifs is 4. The quantitative estimate of drug-likeness (QED) is 0.173. The molecule has 8 aromatic carbocycles. The van der Waals surface area contributed by atoms with E-state index in [1.54, 1.807) is 0 Å². The second-order valence-electron chi connectivity index (χ2n) is 13.8. The summed E-state index contributed by atoms with van der Waals surface area (Å²) in [6, 6.07) is 69.8. The van der Waals surface area contributed by atoms with Gasteiger partial charge in [-0.25, -0.2) is 9.97 Å². The number of benzene rings is 8. The molecular formula is C51H32N4. The first-order chi connectivity index (χ1) is 27.2. The minimum atomic E-state index is 0.612. The molecule has 10 rings (SSSR count). The van der Waals surface area contributed by atoms with Gasteiger partial charge in [0.2, 0.25) is 0 Å². The Balaban J connectivity index is 1.26. The van der Waals surface area contributed by atoms with Crippen LogP contribution in [-0.4, -0.2) is 14.5 Å². The summed E-state index contributed by atoms with van der Waals surface area (Å²) >= 11 is 0. The van der Waals surface area contributed by atoms with Crippen molar-refractivity contribution in [3.8, 4) is 67.9 Å². The predicted molar refractivity (Wildman–Crippen MR) is 226 cm³/mol. The van der Waals surface area contributed by atoms with Crippen LogP contribution < -0.4 is 0 Å². The first-order valence-electron chi connectivity index (χ1n) is 18.4. The lowest BCUT2D eigenvalue weighted by Crippen LogP contribution is -1.99. The monoisotopic (exact) mass is 700 g/mol. The summed E-state index contributed by atoms with van der Waals surface area (Å²) in [6.07, 6.45) is 0. The molecule has 10 aromatic rings.